The van der Waals surface area contributed by atoms with E-state index in [9.17, 15) is 9.59 Å². The first kappa shape index (κ1) is 17.2. The second-order valence-corrected chi connectivity index (χ2v) is 5.53. The van der Waals surface area contributed by atoms with E-state index in [0.29, 0.717) is 22.6 Å². The van der Waals surface area contributed by atoms with Gasteiger partial charge >= 0.3 is 0 Å². The molecule has 0 aliphatic carbocycles. The lowest BCUT2D eigenvalue weighted by Crippen LogP contribution is -2.20. The summed E-state index contributed by atoms with van der Waals surface area (Å²) >= 11 is 0. The van der Waals surface area contributed by atoms with Crippen LogP contribution >= 0.6 is 0 Å². The van der Waals surface area contributed by atoms with Gasteiger partial charge in [0.15, 0.2) is 0 Å². The number of methoxy groups -OCH3 is 1. The molecular weight excluding hydrogens is 332 g/mol. The maximum atomic E-state index is 12.5. The van der Waals surface area contributed by atoms with E-state index in [2.05, 4.69) is 15.6 Å². The first-order valence-corrected chi connectivity index (χ1v) is 7.95. The zero-order valence-corrected chi connectivity index (χ0v) is 14.4. The molecule has 0 aliphatic rings. The van der Waals surface area contributed by atoms with Crippen molar-refractivity contribution in [3.63, 3.8) is 0 Å². The number of aryl methyl sites for hydroxylation is 1. The number of nitrogens with one attached hydrogen (secondary N) is 2. The van der Waals surface area contributed by atoms with E-state index < -0.39 is 5.91 Å². The summed E-state index contributed by atoms with van der Waals surface area (Å²) in [5, 5.41) is 6.91. The van der Waals surface area contributed by atoms with Crippen LogP contribution in [0, 0.1) is 6.92 Å². The van der Waals surface area contributed by atoms with Crippen molar-refractivity contribution in [2.45, 2.75) is 6.92 Å². The number of benzene rings is 2. The monoisotopic (exact) mass is 350 g/mol. The number of carbonyl (C=O) groups is 1. The van der Waals surface area contributed by atoms with Gasteiger partial charge < -0.3 is 4.74 Å². The van der Waals surface area contributed by atoms with Gasteiger partial charge in [-0.1, -0.05) is 30.3 Å². The lowest BCUT2D eigenvalue weighted by atomic mass is 10.2. The van der Waals surface area contributed by atoms with Crippen molar-refractivity contribution in [3.8, 4) is 11.4 Å². The van der Waals surface area contributed by atoms with Gasteiger partial charge in [0.1, 0.15) is 5.75 Å². The molecule has 3 rings (SSSR count). The largest absolute Gasteiger partial charge is 0.496 e. The Bertz CT molecular complexity index is 1000. The zero-order valence-electron chi connectivity index (χ0n) is 14.4. The van der Waals surface area contributed by atoms with Crippen LogP contribution in [0.15, 0.2) is 64.5 Å². The van der Waals surface area contributed by atoms with Crippen LogP contribution in [0.4, 0.5) is 0 Å². The third-order valence-corrected chi connectivity index (χ3v) is 3.84. The van der Waals surface area contributed by atoms with Crippen LogP contribution in [0.3, 0.4) is 0 Å². The number of carbonyl (C=O) groups excluding carboxylic acids is 1. The van der Waals surface area contributed by atoms with E-state index in [-0.39, 0.29) is 5.56 Å². The van der Waals surface area contributed by atoms with Crippen molar-refractivity contribution >= 4 is 12.1 Å². The molecule has 7 nitrogen and oxygen atoms in total. The smallest absolute Gasteiger partial charge is 0.280 e. The van der Waals surface area contributed by atoms with Crippen LogP contribution in [0.25, 0.3) is 5.69 Å². The number of ether oxygens (including phenoxy) is 1. The van der Waals surface area contributed by atoms with E-state index in [1.807, 2.05) is 30.3 Å². The highest BCUT2D eigenvalue weighted by atomic mass is 16.5. The maximum Gasteiger partial charge on any atom is 0.280 e. The molecule has 0 unspecified atom stereocenters. The van der Waals surface area contributed by atoms with Gasteiger partial charge in [0.2, 0.25) is 0 Å². The van der Waals surface area contributed by atoms with Crippen LogP contribution in [0.1, 0.15) is 21.6 Å². The molecular formula is C19H18N4O3. The molecule has 0 atom stereocenters. The predicted molar refractivity (Wildman–Crippen MR) is 99.2 cm³/mol. The van der Waals surface area contributed by atoms with E-state index in [1.165, 1.54) is 18.0 Å². The minimum atomic E-state index is -0.421. The van der Waals surface area contributed by atoms with Gasteiger partial charge in [-0.15, -0.1) is 0 Å². The Hall–Kier alpha value is -3.61. The molecule has 0 radical (unpaired) electrons. The van der Waals surface area contributed by atoms with Crippen molar-refractivity contribution in [1.82, 2.24) is 15.2 Å². The fourth-order valence-electron chi connectivity index (χ4n) is 2.52. The quantitative estimate of drug-likeness (QED) is 0.546. The summed E-state index contributed by atoms with van der Waals surface area (Å²) in [5.41, 5.74) is 4.27. The van der Waals surface area contributed by atoms with Crippen molar-refractivity contribution in [1.29, 1.82) is 0 Å². The summed E-state index contributed by atoms with van der Waals surface area (Å²) in [7, 11) is 1.49. The van der Waals surface area contributed by atoms with Gasteiger partial charge in [0.25, 0.3) is 11.5 Å². The molecule has 0 spiro atoms. The van der Waals surface area contributed by atoms with Crippen molar-refractivity contribution in [2.75, 3.05) is 7.11 Å². The molecule has 0 saturated heterocycles. The van der Waals surface area contributed by atoms with Crippen molar-refractivity contribution < 1.29 is 9.53 Å². The third kappa shape index (κ3) is 3.41. The molecule has 1 aromatic heterocycles. The molecule has 0 saturated carbocycles. The van der Waals surface area contributed by atoms with Gasteiger partial charge in [-0.25, -0.2) is 10.1 Å². The van der Waals surface area contributed by atoms with Crippen LogP contribution in [0.5, 0.6) is 5.75 Å². The normalized spacial score (nSPS) is 10.8. The number of nitrogens with zero attached hydrogens (tertiary/aromatic N) is 2. The van der Waals surface area contributed by atoms with Crippen molar-refractivity contribution in [3.05, 3.63) is 81.8 Å². The molecule has 132 valence electrons. The number of para-hydroxylation sites is 2. The van der Waals surface area contributed by atoms with Crippen LogP contribution in [-0.2, 0) is 0 Å². The van der Waals surface area contributed by atoms with E-state index in [0.717, 1.165) is 5.69 Å². The Balaban J connectivity index is 1.80. The molecule has 26 heavy (non-hydrogen) atoms. The minimum Gasteiger partial charge on any atom is -0.496 e. The lowest BCUT2D eigenvalue weighted by Gasteiger charge is -2.05. The van der Waals surface area contributed by atoms with E-state index >= 15 is 0 Å². The SMILES string of the molecule is COc1ccccc1C(=O)NN=Cc1c(C)[nH]n(-c2ccccc2)c1=O. The van der Waals surface area contributed by atoms with Gasteiger partial charge in [0.05, 0.1) is 30.1 Å². The summed E-state index contributed by atoms with van der Waals surface area (Å²) < 4.78 is 6.58. The summed E-state index contributed by atoms with van der Waals surface area (Å²) in [6.45, 7) is 1.77. The van der Waals surface area contributed by atoms with Gasteiger partial charge in [-0.05, 0) is 31.2 Å². The highest BCUT2D eigenvalue weighted by molar-refractivity contribution is 5.97. The van der Waals surface area contributed by atoms with Gasteiger partial charge in [-0.3, -0.25) is 14.7 Å². The van der Waals surface area contributed by atoms with Crippen molar-refractivity contribution in [2.24, 2.45) is 5.10 Å². The average Bonchev–Trinajstić information content (AvgIpc) is 2.96. The first-order valence-electron chi connectivity index (χ1n) is 7.95. The number of H-pyrrole nitrogens is 1. The zero-order chi connectivity index (χ0) is 18.5. The number of hydrazone groups is 1. The average molecular weight is 350 g/mol. The number of hydrogen-bond acceptors (Lipinski definition) is 4. The molecule has 0 aliphatic heterocycles. The van der Waals surface area contributed by atoms with Crippen LogP contribution in [0.2, 0.25) is 0 Å². The number of aromatic nitrogens is 2. The van der Waals surface area contributed by atoms with Gasteiger partial charge in [0, 0.05) is 5.69 Å². The fraction of sp³-hybridized carbons (Fsp3) is 0.105. The van der Waals surface area contributed by atoms with E-state index in [1.54, 1.807) is 31.2 Å². The number of rotatable bonds is 5. The second-order valence-electron chi connectivity index (χ2n) is 5.53. The Labute approximate surface area is 149 Å². The topological polar surface area (TPSA) is 88.5 Å². The predicted octanol–water partition coefficient (Wildman–Crippen LogP) is 2.25. The maximum absolute atomic E-state index is 12.5. The van der Waals surface area contributed by atoms with Crippen LogP contribution < -0.4 is 15.7 Å². The third-order valence-electron chi connectivity index (χ3n) is 3.84. The highest BCUT2D eigenvalue weighted by Crippen LogP contribution is 2.16. The molecule has 3 aromatic rings. The summed E-state index contributed by atoms with van der Waals surface area (Å²) in [4.78, 5) is 24.8. The number of aromatic amines is 1. The summed E-state index contributed by atoms with van der Waals surface area (Å²) in [6.07, 6.45) is 1.33. The van der Waals surface area contributed by atoms with Gasteiger partial charge in [-0.2, -0.15) is 5.10 Å². The number of hydrogen-bond donors (Lipinski definition) is 2. The number of amides is 1. The summed E-state index contributed by atoms with van der Waals surface area (Å²) in [5.74, 6) is 0.0275. The standard InChI is InChI=1S/C19H18N4O3/c1-13-16(19(25)23(22-13)14-8-4-3-5-9-14)12-20-21-18(24)15-10-6-7-11-17(15)26-2/h3-12,22H,1-2H3,(H,21,24). The molecule has 1 amide bonds. The van der Waals surface area contributed by atoms with E-state index in [4.69, 9.17) is 4.74 Å². The fourth-order valence-corrected chi connectivity index (χ4v) is 2.52. The second kappa shape index (κ2) is 7.52. The highest BCUT2D eigenvalue weighted by Gasteiger charge is 2.12. The Kier molecular flexibility index (Phi) is 4.98. The molecule has 7 heteroatoms. The molecule has 0 bridgehead atoms. The Morgan fingerprint density at radius 3 is 2.58 bits per heavy atom. The molecule has 1 heterocycles. The molecule has 2 aromatic carbocycles. The minimum absolute atomic E-state index is 0.246. The molecule has 0 fully saturated rings. The van der Waals surface area contributed by atoms with Crippen LogP contribution in [-0.4, -0.2) is 29.0 Å². The Morgan fingerprint density at radius 2 is 1.85 bits per heavy atom. The Morgan fingerprint density at radius 1 is 1.15 bits per heavy atom. The lowest BCUT2D eigenvalue weighted by molar-refractivity contribution is 0.0952. The summed E-state index contributed by atoms with van der Waals surface area (Å²) in [6, 6.07) is 16.0. The first-order chi connectivity index (χ1) is 12.6. The molecule has 2 N–H and O–H groups in total.